The van der Waals surface area contributed by atoms with Crippen LogP contribution in [0.2, 0.25) is 0 Å². The van der Waals surface area contributed by atoms with Crippen LogP contribution in [0, 0.1) is 11.3 Å². The van der Waals surface area contributed by atoms with Crippen LogP contribution in [-0.2, 0) is 0 Å². The third-order valence-corrected chi connectivity index (χ3v) is 3.31. The summed E-state index contributed by atoms with van der Waals surface area (Å²) in [7, 11) is 1.64. The normalized spacial score (nSPS) is 10.5. The van der Waals surface area contributed by atoms with E-state index in [1.807, 2.05) is 12.1 Å². The van der Waals surface area contributed by atoms with Gasteiger partial charge in [-0.3, -0.25) is 4.79 Å². The first kappa shape index (κ1) is 13.8. The fourth-order valence-electron chi connectivity index (χ4n) is 2.16. The summed E-state index contributed by atoms with van der Waals surface area (Å²) in [6.07, 6.45) is 3.50. The lowest BCUT2D eigenvalue weighted by Crippen LogP contribution is -2.27. The number of nitrogens with zero attached hydrogens (tertiary/aromatic N) is 4. The number of carbonyl (C=O) groups is 1. The summed E-state index contributed by atoms with van der Waals surface area (Å²) in [5, 5.41) is 9.40. The molecule has 0 aromatic carbocycles. The van der Waals surface area contributed by atoms with Crippen molar-refractivity contribution >= 4 is 16.9 Å². The van der Waals surface area contributed by atoms with E-state index in [0.29, 0.717) is 23.6 Å². The lowest BCUT2D eigenvalue weighted by molar-refractivity contribution is 0.0767. The molecule has 0 radical (unpaired) electrons. The number of hydrogen-bond donors (Lipinski definition) is 1. The van der Waals surface area contributed by atoms with Crippen molar-refractivity contribution in [2.45, 2.75) is 6.42 Å². The highest BCUT2D eigenvalue weighted by Crippen LogP contribution is 2.26. The Bertz CT molecular complexity index is 858. The molecule has 0 unspecified atom stereocenters. The monoisotopic (exact) mass is 295 g/mol. The van der Waals surface area contributed by atoms with E-state index in [1.54, 1.807) is 25.4 Å². The lowest BCUT2D eigenvalue weighted by Gasteiger charge is -2.13. The van der Waals surface area contributed by atoms with Crippen molar-refractivity contribution in [3.63, 3.8) is 0 Å². The molecule has 0 aliphatic heterocycles. The summed E-state index contributed by atoms with van der Waals surface area (Å²) < 4.78 is 5.63. The van der Waals surface area contributed by atoms with Crippen LogP contribution < -0.4 is 0 Å². The van der Waals surface area contributed by atoms with Gasteiger partial charge in [0.25, 0.3) is 5.91 Å². The van der Waals surface area contributed by atoms with Crippen molar-refractivity contribution in [1.82, 2.24) is 19.9 Å². The summed E-state index contributed by atoms with van der Waals surface area (Å²) in [4.78, 5) is 25.0. The topological polar surface area (TPSA) is 98.8 Å². The van der Waals surface area contributed by atoms with Crippen LogP contribution >= 0.6 is 0 Å². The lowest BCUT2D eigenvalue weighted by atomic mass is 10.2. The second-order valence-electron chi connectivity index (χ2n) is 4.76. The fourth-order valence-corrected chi connectivity index (χ4v) is 2.16. The largest absolute Gasteiger partial charge is 0.449 e. The zero-order chi connectivity index (χ0) is 15.5. The molecule has 110 valence electrons. The third-order valence-electron chi connectivity index (χ3n) is 3.31. The van der Waals surface area contributed by atoms with Crippen molar-refractivity contribution in [3.8, 4) is 17.5 Å². The number of furan rings is 1. The number of nitrogens with one attached hydrogen (secondary N) is 1. The molecular weight excluding hydrogens is 282 g/mol. The van der Waals surface area contributed by atoms with E-state index in [1.165, 1.54) is 11.2 Å². The summed E-state index contributed by atoms with van der Waals surface area (Å²) in [6, 6.07) is 7.18. The molecule has 1 amide bonds. The predicted molar refractivity (Wildman–Crippen MR) is 78.8 cm³/mol. The van der Waals surface area contributed by atoms with Crippen LogP contribution in [-0.4, -0.2) is 39.4 Å². The molecule has 7 nitrogen and oxygen atoms in total. The number of hydrogen-bond acceptors (Lipinski definition) is 5. The van der Waals surface area contributed by atoms with Crippen molar-refractivity contribution < 1.29 is 9.21 Å². The standard InChI is InChI=1S/C15H13N5O2/c1-20(8-2-6-16)15(21)12-4-3-11(22-12)13-10-5-7-17-14(10)19-9-18-13/h3-5,7,9H,2,8H2,1H3,(H,17,18,19). The number of aromatic amines is 1. The zero-order valence-corrected chi connectivity index (χ0v) is 11.9. The molecule has 1 N–H and O–H groups in total. The van der Waals surface area contributed by atoms with E-state index >= 15 is 0 Å². The minimum atomic E-state index is -0.263. The van der Waals surface area contributed by atoms with Crippen molar-refractivity contribution in [2.24, 2.45) is 0 Å². The van der Waals surface area contributed by atoms with Gasteiger partial charge < -0.3 is 14.3 Å². The minimum absolute atomic E-state index is 0.220. The average Bonchev–Trinajstić information content (AvgIpc) is 3.20. The maximum atomic E-state index is 12.2. The Kier molecular flexibility index (Phi) is 3.58. The van der Waals surface area contributed by atoms with E-state index in [2.05, 4.69) is 15.0 Å². The maximum absolute atomic E-state index is 12.2. The second-order valence-corrected chi connectivity index (χ2v) is 4.76. The van der Waals surface area contributed by atoms with Gasteiger partial charge in [-0.1, -0.05) is 0 Å². The van der Waals surface area contributed by atoms with Gasteiger partial charge in [0.2, 0.25) is 0 Å². The Labute approximate surface area is 126 Å². The second kappa shape index (κ2) is 5.69. The van der Waals surface area contributed by atoms with Gasteiger partial charge >= 0.3 is 0 Å². The minimum Gasteiger partial charge on any atom is -0.449 e. The summed E-state index contributed by atoms with van der Waals surface area (Å²) in [5.74, 6) is 0.461. The Hall–Kier alpha value is -3.14. The summed E-state index contributed by atoms with van der Waals surface area (Å²) >= 11 is 0. The molecule has 0 atom stereocenters. The molecule has 0 saturated carbocycles. The van der Waals surface area contributed by atoms with Gasteiger partial charge in [0.1, 0.15) is 17.7 Å². The number of carbonyl (C=O) groups excluding carboxylic acids is 1. The highest BCUT2D eigenvalue weighted by Gasteiger charge is 2.18. The molecule has 0 aliphatic carbocycles. The molecular formula is C15H13N5O2. The average molecular weight is 295 g/mol. The molecule has 0 fully saturated rings. The number of nitriles is 1. The number of H-pyrrole nitrogens is 1. The molecule has 3 aromatic heterocycles. The number of aromatic nitrogens is 3. The SMILES string of the molecule is CN(CCC#N)C(=O)c1ccc(-c2ncnc3[nH]ccc23)o1. The van der Waals surface area contributed by atoms with E-state index in [4.69, 9.17) is 9.68 Å². The first-order valence-corrected chi connectivity index (χ1v) is 6.71. The Morgan fingerprint density at radius 2 is 2.27 bits per heavy atom. The van der Waals surface area contributed by atoms with Crippen LogP contribution in [0.1, 0.15) is 17.0 Å². The van der Waals surface area contributed by atoms with Gasteiger partial charge in [-0.25, -0.2) is 9.97 Å². The molecule has 22 heavy (non-hydrogen) atoms. The van der Waals surface area contributed by atoms with Crippen LogP contribution in [0.5, 0.6) is 0 Å². The van der Waals surface area contributed by atoms with Gasteiger partial charge in [0.05, 0.1) is 12.5 Å². The fraction of sp³-hybridized carbons (Fsp3) is 0.200. The predicted octanol–water partition coefficient (Wildman–Crippen LogP) is 2.20. The molecule has 3 aromatic rings. The van der Waals surface area contributed by atoms with E-state index in [0.717, 1.165) is 5.39 Å². The molecule has 0 bridgehead atoms. The van der Waals surface area contributed by atoms with Gasteiger partial charge in [-0.05, 0) is 18.2 Å². The van der Waals surface area contributed by atoms with Crippen LogP contribution in [0.4, 0.5) is 0 Å². The molecule has 3 heterocycles. The highest BCUT2D eigenvalue weighted by molar-refractivity contribution is 5.93. The summed E-state index contributed by atoms with van der Waals surface area (Å²) in [5.41, 5.74) is 1.34. The molecule has 0 saturated heterocycles. The van der Waals surface area contributed by atoms with Crippen LogP contribution in [0.25, 0.3) is 22.5 Å². The molecule has 7 heteroatoms. The number of rotatable bonds is 4. The molecule has 3 rings (SSSR count). The Morgan fingerprint density at radius 3 is 3.09 bits per heavy atom. The smallest absolute Gasteiger partial charge is 0.289 e. The molecule has 0 spiro atoms. The first-order chi connectivity index (χ1) is 10.7. The van der Waals surface area contributed by atoms with Crippen molar-refractivity contribution in [3.05, 3.63) is 36.5 Å². The van der Waals surface area contributed by atoms with Crippen molar-refractivity contribution in [1.29, 1.82) is 5.26 Å². The summed E-state index contributed by atoms with van der Waals surface area (Å²) in [6.45, 7) is 0.362. The van der Waals surface area contributed by atoms with Crippen LogP contribution in [0.3, 0.4) is 0 Å². The zero-order valence-electron chi connectivity index (χ0n) is 11.9. The first-order valence-electron chi connectivity index (χ1n) is 6.71. The van der Waals surface area contributed by atoms with Crippen LogP contribution in [0.15, 0.2) is 35.1 Å². The van der Waals surface area contributed by atoms with Gasteiger partial charge in [0.15, 0.2) is 11.5 Å². The number of fused-ring (bicyclic) bond motifs is 1. The van der Waals surface area contributed by atoms with Gasteiger partial charge in [-0.2, -0.15) is 5.26 Å². The Morgan fingerprint density at radius 1 is 1.41 bits per heavy atom. The van der Waals surface area contributed by atoms with Gasteiger partial charge in [0, 0.05) is 25.2 Å². The highest BCUT2D eigenvalue weighted by atomic mass is 16.4. The van der Waals surface area contributed by atoms with E-state index < -0.39 is 0 Å². The van der Waals surface area contributed by atoms with E-state index in [9.17, 15) is 4.79 Å². The maximum Gasteiger partial charge on any atom is 0.289 e. The third kappa shape index (κ3) is 2.42. The molecule has 0 aliphatic rings. The number of amides is 1. The van der Waals surface area contributed by atoms with Crippen molar-refractivity contribution in [2.75, 3.05) is 13.6 Å². The Balaban J connectivity index is 1.89. The van der Waals surface area contributed by atoms with Gasteiger partial charge in [-0.15, -0.1) is 0 Å². The van der Waals surface area contributed by atoms with E-state index in [-0.39, 0.29) is 18.1 Å². The quantitative estimate of drug-likeness (QED) is 0.795.